The molecule has 1 aromatic rings. The molecular formula is C11H15BrN2O2. The minimum Gasteiger partial charge on any atom is -0.352 e. The van der Waals surface area contributed by atoms with Gasteiger partial charge in [-0.15, -0.1) is 0 Å². The predicted molar refractivity (Wildman–Crippen MR) is 67.0 cm³/mol. The number of amides is 1. The van der Waals surface area contributed by atoms with Gasteiger partial charge in [-0.05, 0) is 18.9 Å². The molecule has 0 aliphatic carbocycles. The number of carbonyl (C=O) groups is 1. The lowest BCUT2D eigenvalue weighted by atomic mass is 10.2. The first-order valence-electron chi connectivity index (χ1n) is 5.20. The highest BCUT2D eigenvalue weighted by molar-refractivity contribution is 9.09. The van der Waals surface area contributed by atoms with Crippen molar-refractivity contribution in [3.8, 4) is 0 Å². The van der Waals surface area contributed by atoms with Gasteiger partial charge in [-0.25, -0.2) is 0 Å². The lowest BCUT2D eigenvalue weighted by Crippen LogP contribution is -2.25. The fourth-order valence-corrected chi connectivity index (χ4v) is 1.60. The summed E-state index contributed by atoms with van der Waals surface area (Å²) in [6.07, 6.45) is 3.40. The number of hydrogen-bond acceptors (Lipinski definition) is 2. The van der Waals surface area contributed by atoms with Gasteiger partial charge in [0.05, 0.1) is 0 Å². The van der Waals surface area contributed by atoms with Crippen LogP contribution in [0.5, 0.6) is 0 Å². The van der Waals surface area contributed by atoms with Crippen molar-refractivity contribution in [2.75, 3.05) is 6.54 Å². The van der Waals surface area contributed by atoms with E-state index >= 15 is 0 Å². The van der Waals surface area contributed by atoms with Crippen LogP contribution in [0.15, 0.2) is 23.1 Å². The molecular weight excluding hydrogens is 272 g/mol. The van der Waals surface area contributed by atoms with E-state index in [2.05, 4.69) is 33.2 Å². The molecule has 0 aromatic carbocycles. The van der Waals surface area contributed by atoms with Crippen molar-refractivity contribution in [2.45, 2.75) is 24.6 Å². The number of halogens is 1. The topological polar surface area (TPSA) is 62.0 Å². The second-order valence-corrected chi connectivity index (χ2v) is 5.18. The molecule has 0 saturated heterocycles. The van der Waals surface area contributed by atoms with Gasteiger partial charge in [-0.1, -0.05) is 22.9 Å². The van der Waals surface area contributed by atoms with E-state index in [1.165, 1.54) is 12.3 Å². The van der Waals surface area contributed by atoms with Gasteiger partial charge < -0.3 is 10.3 Å². The molecule has 1 amide bonds. The number of aromatic nitrogens is 1. The Morgan fingerprint density at radius 2 is 2.38 bits per heavy atom. The highest BCUT2D eigenvalue weighted by atomic mass is 79.9. The summed E-state index contributed by atoms with van der Waals surface area (Å²) in [5, 5.41) is 2.77. The van der Waals surface area contributed by atoms with Crippen molar-refractivity contribution in [1.82, 2.24) is 10.3 Å². The molecule has 0 spiro atoms. The Kier molecular flexibility index (Phi) is 5.25. The van der Waals surface area contributed by atoms with Gasteiger partial charge in [0, 0.05) is 29.2 Å². The number of hydrogen-bond donors (Lipinski definition) is 2. The van der Waals surface area contributed by atoms with Crippen LogP contribution in [-0.2, 0) is 0 Å². The summed E-state index contributed by atoms with van der Waals surface area (Å²) in [6, 6.07) is 2.88. The fourth-order valence-electron chi connectivity index (χ4n) is 1.27. The lowest BCUT2D eigenvalue weighted by molar-refractivity contribution is 0.0953. The van der Waals surface area contributed by atoms with E-state index in [-0.39, 0.29) is 11.5 Å². The smallest absolute Gasteiger partial charge is 0.251 e. The van der Waals surface area contributed by atoms with E-state index < -0.39 is 0 Å². The van der Waals surface area contributed by atoms with Gasteiger partial charge in [0.1, 0.15) is 0 Å². The first-order valence-corrected chi connectivity index (χ1v) is 6.12. The normalized spacial score (nSPS) is 12.1. The van der Waals surface area contributed by atoms with E-state index in [0.29, 0.717) is 16.9 Å². The second kappa shape index (κ2) is 6.48. The van der Waals surface area contributed by atoms with E-state index in [1.807, 2.05) is 0 Å². The van der Waals surface area contributed by atoms with Crippen molar-refractivity contribution in [3.63, 3.8) is 0 Å². The van der Waals surface area contributed by atoms with Gasteiger partial charge in [0.25, 0.3) is 5.91 Å². The number of aromatic amines is 1. The van der Waals surface area contributed by atoms with E-state index in [0.717, 1.165) is 12.8 Å². The lowest BCUT2D eigenvalue weighted by Gasteiger charge is -2.05. The minimum absolute atomic E-state index is 0.201. The van der Waals surface area contributed by atoms with Crippen LogP contribution in [0.4, 0.5) is 0 Å². The quantitative estimate of drug-likeness (QED) is 0.639. The maximum atomic E-state index is 11.6. The molecule has 1 rings (SSSR count). The maximum absolute atomic E-state index is 11.6. The highest BCUT2D eigenvalue weighted by Gasteiger charge is 2.04. The van der Waals surface area contributed by atoms with Crippen LogP contribution in [0, 0.1) is 0 Å². The molecule has 1 heterocycles. The Labute approximate surface area is 103 Å². The summed E-state index contributed by atoms with van der Waals surface area (Å²) in [4.78, 5) is 25.5. The molecule has 1 unspecified atom stereocenters. The van der Waals surface area contributed by atoms with Gasteiger partial charge in [0.2, 0.25) is 5.56 Å². The molecule has 1 aromatic heterocycles. The van der Waals surface area contributed by atoms with Crippen molar-refractivity contribution >= 4 is 21.8 Å². The molecule has 0 fully saturated rings. The molecule has 2 N–H and O–H groups in total. The molecule has 4 nitrogen and oxygen atoms in total. The average molecular weight is 287 g/mol. The SMILES string of the molecule is CC(Br)CCCNC(=O)c1cc[nH]c(=O)c1. The van der Waals surface area contributed by atoms with Gasteiger partial charge in [-0.2, -0.15) is 0 Å². The summed E-state index contributed by atoms with van der Waals surface area (Å²) < 4.78 is 0. The van der Waals surface area contributed by atoms with Crippen LogP contribution in [0.3, 0.4) is 0 Å². The number of pyridine rings is 1. The molecule has 88 valence electrons. The minimum atomic E-state index is -0.262. The maximum Gasteiger partial charge on any atom is 0.251 e. The summed E-state index contributed by atoms with van der Waals surface area (Å²) >= 11 is 3.44. The Hall–Kier alpha value is -1.10. The first-order chi connectivity index (χ1) is 7.59. The van der Waals surface area contributed by atoms with Crippen LogP contribution in [0.2, 0.25) is 0 Å². The van der Waals surface area contributed by atoms with Crippen molar-refractivity contribution < 1.29 is 4.79 Å². The molecule has 0 radical (unpaired) electrons. The zero-order valence-electron chi connectivity index (χ0n) is 9.13. The summed E-state index contributed by atoms with van der Waals surface area (Å²) in [6.45, 7) is 2.69. The summed E-state index contributed by atoms with van der Waals surface area (Å²) in [5.41, 5.74) is 0.136. The Morgan fingerprint density at radius 3 is 3.00 bits per heavy atom. The third-order valence-electron chi connectivity index (χ3n) is 2.10. The van der Waals surface area contributed by atoms with Gasteiger partial charge >= 0.3 is 0 Å². The standard InChI is InChI=1S/C11H15BrN2O2/c1-8(12)3-2-5-14-11(16)9-4-6-13-10(15)7-9/h4,6-8H,2-3,5H2,1H3,(H,13,15)(H,14,16). The predicted octanol–water partition coefficient (Wildman–Crippen LogP) is 1.67. The monoisotopic (exact) mass is 286 g/mol. The van der Waals surface area contributed by atoms with Gasteiger partial charge in [-0.3, -0.25) is 9.59 Å². The van der Waals surface area contributed by atoms with Crippen LogP contribution >= 0.6 is 15.9 Å². The molecule has 5 heteroatoms. The van der Waals surface area contributed by atoms with Crippen LogP contribution in [0.1, 0.15) is 30.1 Å². The summed E-state index contributed by atoms with van der Waals surface area (Å²) in [5.74, 6) is -0.201. The largest absolute Gasteiger partial charge is 0.352 e. The van der Waals surface area contributed by atoms with E-state index in [9.17, 15) is 9.59 Å². The zero-order valence-corrected chi connectivity index (χ0v) is 10.7. The number of carbonyl (C=O) groups excluding carboxylic acids is 1. The number of H-pyrrole nitrogens is 1. The summed E-state index contributed by atoms with van der Waals surface area (Å²) in [7, 11) is 0. The molecule has 0 bridgehead atoms. The third-order valence-corrected chi connectivity index (χ3v) is 2.56. The van der Waals surface area contributed by atoms with Crippen molar-refractivity contribution in [3.05, 3.63) is 34.2 Å². The molecule has 1 atom stereocenters. The number of alkyl halides is 1. The number of nitrogens with one attached hydrogen (secondary N) is 2. The number of rotatable bonds is 5. The zero-order chi connectivity index (χ0) is 12.0. The van der Waals surface area contributed by atoms with Crippen molar-refractivity contribution in [1.29, 1.82) is 0 Å². The second-order valence-electron chi connectivity index (χ2n) is 3.62. The average Bonchev–Trinajstić information content (AvgIpc) is 2.24. The fraction of sp³-hybridized carbons (Fsp3) is 0.455. The van der Waals surface area contributed by atoms with Crippen LogP contribution in [0.25, 0.3) is 0 Å². The van der Waals surface area contributed by atoms with E-state index in [1.54, 1.807) is 6.07 Å². The molecule has 0 saturated carbocycles. The Balaban J connectivity index is 2.38. The Morgan fingerprint density at radius 1 is 1.62 bits per heavy atom. The van der Waals surface area contributed by atoms with E-state index in [4.69, 9.17) is 0 Å². The molecule has 16 heavy (non-hydrogen) atoms. The first kappa shape index (κ1) is 13.0. The van der Waals surface area contributed by atoms with Crippen LogP contribution in [-0.4, -0.2) is 22.3 Å². The Bertz CT molecular complexity index is 401. The van der Waals surface area contributed by atoms with Crippen LogP contribution < -0.4 is 10.9 Å². The highest BCUT2D eigenvalue weighted by Crippen LogP contribution is 2.05. The molecule has 0 aliphatic heterocycles. The third kappa shape index (κ3) is 4.61. The molecule has 0 aliphatic rings. The van der Waals surface area contributed by atoms with Crippen molar-refractivity contribution in [2.24, 2.45) is 0 Å². The van der Waals surface area contributed by atoms with Gasteiger partial charge in [0.15, 0.2) is 0 Å².